The van der Waals surface area contributed by atoms with E-state index in [1.807, 2.05) is 64.4 Å². The molecule has 1 N–H and O–H groups in total. The van der Waals surface area contributed by atoms with Crippen LogP contribution in [0.25, 0.3) is 0 Å². The number of hydrogen-bond acceptors (Lipinski definition) is 3. The molecule has 134 valence electrons. The van der Waals surface area contributed by atoms with E-state index in [4.69, 9.17) is 0 Å². The molecule has 2 aromatic carbocycles. The lowest BCUT2D eigenvalue weighted by Crippen LogP contribution is -2.33. The Hall–Kier alpha value is -2.82. The van der Waals surface area contributed by atoms with Crippen LogP contribution in [0.3, 0.4) is 0 Å². The lowest BCUT2D eigenvalue weighted by atomic mass is 10.2. The van der Waals surface area contributed by atoms with Gasteiger partial charge in [-0.25, -0.2) is 0 Å². The first kappa shape index (κ1) is 16.6. The van der Waals surface area contributed by atoms with Gasteiger partial charge in [0, 0.05) is 36.6 Å². The summed E-state index contributed by atoms with van der Waals surface area (Å²) in [6.45, 7) is 2.33. The number of hydrogen-bond donors (Lipinski definition) is 1. The molecular weight excluding hydrogens is 326 g/mol. The van der Waals surface area contributed by atoms with Gasteiger partial charge in [0.1, 0.15) is 6.04 Å². The molecule has 2 aromatic rings. The van der Waals surface area contributed by atoms with Crippen molar-refractivity contribution in [3.05, 3.63) is 54.6 Å². The van der Waals surface area contributed by atoms with Crippen molar-refractivity contribution < 1.29 is 9.59 Å². The molecular formula is C21H23N3O2. The van der Waals surface area contributed by atoms with Crippen molar-refractivity contribution in [3.63, 3.8) is 0 Å². The summed E-state index contributed by atoms with van der Waals surface area (Å²) >= 11 is 0. The fourth-order valence-corrected chi connectivity index (χ4v) is 3.58. The van der Waals surface area contributed by atoms with Gasteiger partial charge in [-0.3, -0.25) is 9.59 Å². The van der Waals surface area contributed by atoms with Gasteiger partial charge in [0.25, 0.3) is 0 Å². The molecule has 2 fully saturated rings. The van der Waals surface area contributed by atoms with Crippen LogP contribution < -0.4 is 15.1 Å². The third-order valence-electron chi connectivity index (χ3n) is 5.01. The first-order valence-corrected chi connectivity index (χ1v) is 9.16. The summed E-state index contributed by atoms with van der Waals surface area (Å²) < 4.78 is 0. The topological polar surface area (TPSA) is 52.7 Å². The van der Waals surface area contributed by atoms with Gasteiger partial charge in [-0.2, -0.15) is 0 Å². The molecule has 2 aliphatic rings. The van der Waals surface area contributed by atoms with Crippen LogP contribution in [0.1, 0.15) is 26.2 Å². The van der Waals surface area contributed by atoms with Gasteiger partial charge in [-0.1, -0.05) is 18.2 Å². The van der Waals surface area contributed by atoms with Crippen LogP contribution in [0, 0.1) is 0 Å². The average molecular weight is 349 g/mol. The smallest absolute Gasteiger partial charge is 0.249 e. The van der Waals surface area contributed by atoms with E-state index in [1.54, 1.807) is 6.92 Å². The summed E-state index contributed by atoms with van der Waals surface area (Å²) in [6, 6.07) is 17.7. The zero-order chi connectivity index (χ0) is 18.1. The SMILES string of the molecule is CC(=O)N(c1ccc(NC2CCN(c3ccccc3)C2=O)cc1)C1CC1. The first-order valence-electron chi connectivity index (χ1n) is 9.16. The summed E-state index contributed by atoms with van der Waals surface area (Å²) in [5.41, 5.74) is 2.77. The molecule has 1 saturated heterocycles. The minimum Gasteiger partial charge on any atom is -0.374 e. The second-order valence-corrected chi connectivity index (χ2v) is 6.98. The molecule has 1 aliphatic carbocycles. The number of anilines is 3. The number of amides is 2. The van der Waals surface area contributed by atoms with Gasteiger partial charge < -0.3 is 15.1 Å². The molecule has 0 radical (unpaired) electrons. The largest absolute Gasteiger partial charge is 0.374 e. The van der Waals surface area contributed by atoms with E-state index >= 15 is 0 Å². The molecule has 5 nitrogen and oxygen atoms in total. The van der Waals surface area contributed by atoms with Crippen LogP contribution in [0.4, 0.5) is 17.1 Å². The Balaban J connectivity index is 1.43. The highest BCUT2D eigenvalue weighted by Gasteiger charge is 2.33. The molecule has 2 amide bonds. The van der Waals surface area contributed by atoms with Crippen molar-refractivity contribution >= 4 is 28.9 Å². The van der Waals surface area contributed by atoms with E-state index in [0.29, 0.717) is 6.04 Å². The van der Waals surface area contributed by atoms with E-state index in [2.05, 4.69) is 5.32 Å². The molecule has 0 aromatic heterocycles. The number of nitrogens with zero attached hydrogens (tertiary/aromatic N) is 2. The number of carbonyl (C=O) groups excluding carboxylic acids is 2. The minimum atomic E-state index is -0.214. The van der Waals surface area contributed by atoms with Gasteiger partial charge in [-0.05, 0) is 55.7 Å². The van der Waals surface area contributed by atoms with E-state index in [0.717, 1.165) is 42.9 Å². The monoisotopic (exact) mass is 349 g/mol. The van der Waals surface area contributed by atoms with Crippen LogP contribution in [-0.2, 0) is 9.59 Å². The number of rotatable bonds is 5. The molecule has 0 spiro atoms. The minimum absolute atomic E-state index is 0.0812. The quantitative estimate of drug-likeness (QED) is 0.900. The Morgan fingerprint density at radius 2 is 1.73 bits per heavy atom. The molecule has 1 heterocycles. The summed E-state index contributed by atoms with van der Waals surface area (Å²) in [5.74, 6) is 0.182. The predicted molar refractivity (Wildman–Crippen MR) is 103 cm³/mol. The maximum Gasteiger partial charge on any atom is 0.249 e. The van der Waals surface area contributed by atoms with E-state index in [1.165, 1.54) is 0 Å². The van der Waals surface area contributed by atoms with Gasteiger partial charge in [0.05, 0.1) is 0 Å². The summed E-state index contributed by atoms with van der Waals surface area (Å²) in [5, 5.41) is 3.34. The number of benzene rings is 2. The van der Waals surface area contributed by atoms with Crippen molar-refractivity contribution in [1.29, 1.82) is 0 Å². The molecule has 1 unspecified atom stereocenters. The van der Waals surface area contributed by atoms with Crippen molar-refractivity contribution in [2.45, 2.75) is 38.3 Å². The van der Waals surface area contributed by atoms with E-state index in [-0.39, 0.29) is 17.9 Å². The predicted octanol–water partition coefficient (Wildman–Crippen LogP) is 3.42. The van der Waals surface area contributed by atoms with Crippen molar-refractivity contribution in [1.82, 2.24) is 0 Å². The first-order chi connectivity index (χ1) is 12.6. The second kappa shape index (κ2) is 6.83. The van der Waals surface area contributed by atoms with Gasteiger partial charge in [0.2, 0.25) is 11.8 Å². The highest BCUT2D eigenvalue weighted by molar-refractivity contribution is 6.01. The fraction of sp³-hybridized carbons (Fsp3) is 0.333. The standard InChI is InChI=1S/C21H23N3O2/c1-15(25)24(19-11-12-19)18-9-7-16(8-10-18)22-20-13-14-23(21(20)26)17-5-3-2-4-6-17/h2-10,19-20,22H,11-14H2,1H3. The van der Waals surface area contributed by atoms with E-state index < -0.39 is 0 Å². The Bertz CT molecular complexity index is 800. The lowest BCUT2D eigenvalue weighted by molar-refractivity contribution is -0.118. The van der Waals surface area contributed by atoms with Crippen molar-refractivity contribution in [2.75, 3.05) is 21.7 Å². The summed E-state index contributed by atoms with van der Waals surface area (Å²) in [6.07, 6.45) is 2.92. The van der Waals surface area contributed by atoms with Crippen LogP contribution >= 0.6 is 0 Å². The van der Waals surface area contributed by atoms with Crippen molar-refractivity contribution in [2.24, 2.45) is 0 Å². The molecule has 1 atom stereocenters. The third-order valence-corrected chi connectivity index (χ3v) is 5.01. The van der Waals surface area contributed by atoms with E-state index in [9.17, 15) is 9.59 Å². The number of carbonyl (C=O) groups is 2. The Morgan fingerprint density at radius 3 is 2.35 bits per heavy atom. The normalized spacial score (nSPS) is 19.5. The van der Waals surface area contributed by atoms with Gasteiger partial charge >= 0.3 is 0 Å². The average Bonchev–Trinajstić information content (AvgIpc) is 3.41. The molecule has 1 saturated carbocycles. The Kier molecular flexibility index (Phi) is 4.37. The van der Waals surface area contributed by atoms with Crippen LogP contribution in [0.2, 0.25) is 0 Å². The zero-order valence-corrected chi connectivity index (χ0v) is 14.9. The molecule has 4 rings (SSSR count). The van der Waals surface area contributed by atoms with Crippen LogP contribution in [-0.4, -0.2) is 30.4 Å². The highest BCUT2D eigenvalue weighted by atomic mass is 16.2. The molecule has 1 aliphatic heterocycles. The number of para-hydroxylation sites is 1. The Labute approximate surface area is 153 Å². The summed E-state index contributed by atoms with van der Waals surface area (Å²) in [7, 11) is 0. The summed E-state index contributed by atoms with van der Waals surface area (Å²) in [4.78, 5) is 28.2. The Morgan fingerprint density at radius 1 is 1.04 bits per heavy atom. The molecule has 26 heavy (non-hydrogen) atoms. The molecule has 0 bridgehead atoms. The maximum atomic E-state index is 12.7. The lowest BCUT2D eigenvalue weighted by Gasteiger charge is -2.21. The maximum absolute atomic E-state index is 12.7. The fourth-order valence-electron chi connectivity index (χ4n) is 3.58. The zero-order valence-electron chi connectivity index (χ0n) is 14.9. The molecule has 5 heteroatoms. The third kappa shape index (κ3) is 3.29. The highest BCUT2D eigenvalue weighted by Crippen LogP contribution is 2.32. The number of nitrogens with one attached hydrogen (secondary N) is 1. The van der Waals surface area contributed by atoms with Gasteiger partial charge in [-0.15, -0.1) is 0 Å². The van der Waals surface area contributed by atoms with Gasteiger partial charge in [0.15, 0.2) is 0 Å². The van der Waals surface area contributed by atoms with Crippen molar-refractivity contribution in [3.8, 4) is 0 Å². The second-order valence-electron chi connectivity index (χ2n) is 6.98. The van der Waals surface area contributed by atoms with Crippen LogP contribution in [0.15, 0.2) is 54.6 Å². The van der Waals surface area contributed by atoms with Crippen LogP contribution in [0.5, 0.6) is 0 Å².